The van der Waals surface area contributed by atoms with Crippen LogP contribution >= 0.6 is 0 Å². The summed E-state index contributed by atoms with van der Waals surface area (Å²) >= 11 is 0. The van der Waals surface area contributed by atoms with Crippen molar-refractivity contribution in [2.24, 2.45) is 5.73 Å². The third-order valence-electron chi connectivity index (χ3n) is 4.25. The summed E-state index contributed by atoms with van der Waals surface area (Å²) in [4.78, 5) is 16.5. The smallest absolute Gasteiger partial charge is 0.253 e. The fraction of sp³-hybridized carbons (Fsp3) is 0.333. The zero-order chi connectivity index (χ0) is 16.2. The lowest BCUT2D eigenvalue weighted by Gasteiger charge is -2.26. The van der Waals surface area contributed by atoms with Gasteiger partial charge in [0, 0.05) is 23.8 Å². The predicted octanol–water partition coefficient (Wildman–Crippen LogP) is 2.89. The van der Waals surface area contributed by atoms with Crippen molar-refractivity contribution >= 4 is 5.91 Å². The first-order chi connectivity index (χ1) is 11.1. The van der Waals surface area contributed by atoms with Crippen molar-refractivity contribution in [2.45, 2.75) is 37.8 Å². The Kier molecular flexibility index (Phi) is 4.67. The van der Waals surface area contributed by atoms with Gasteiger partial charge in [0.2, 0.25) is 0 Å². The van der Waals surface area contributed by atoms with Gasteiger partial charge >= 0.3 is 0 Å². The molecule has 0 spiro atoms. The van der Waals surface area contributed by atoms with E-state index < -0.39 is 0 Å². The largest absolute Gasteiger partial charge is 0.349 e. The first-order valence-electron chi connectivity index (χ1n) is 7.90. The number of amides is 1. The fourth-order valence-corrected chi connectivity index (χ4v) is 2.88. The first-order valence-corrected chi connectivity index (χ1v) is 7.90. The van der Waals surface area contributed by atoms with Gasteiger partial charge in [-0.3, -0.25) is 9.78 Å². The van der Waals surface area contributed by atoms with Crippen molar-refractivity contribution in [3.8, 4) is 11.3 Å². The van der Waals surface area contributed by atoms with Crippen molar-refractivity contribution in [3.05, 3.63) is 54.0 Å². The molecule has 0 bridgehead atoms. The number of aromatic nitrogens is 1. The lowest BCUT2D eigenvalue weighted by atomic mass is 9.91. The van der Waals surface area contributed by atoms with Crippen LogP contribution in [0.3, 0.4) is 0 Å². The number of nitrogens with zero attached hydrogens (tertiary/aromatic N) is 1. The summed E-state index contributed by atoms with van der Waals surface area (Å²) in [6.07, 6.45) is 5.26. The van der Waals surface area contributed by atoms with E-state index in [0.29, 0.717) is 16.8 Å². The molecule has 3 rings (SSSR count). The van der Waals surface area contributed by atoms with Crippen LogP contribution in [0, 0.1) is 5.82 Å². The molecule has 1 fully saturated rings. The van der Waals surface area contributed by atoms with Gasteiger partial charge in [0.25, 0.3) is 5.91 Å². The Morgan fingerprint density at radius 3 is 2.61 bits per heavy atom. The van der Waals surface area contributed by atoms with Crippen molar-refractivity contribution < 1.29 is 9.18 Å². The van der Waals surface area contributed by atoms with Crippen LogP contribution in [0.25, 0.3) is 11.3 Å². The van der Waals surface area contributed by atoms with Gasteiger partial charge in [-0.15, -0.1) is 0 Å². The standard InChI is InChI=1S/C18H20FN3O/c19-14-3-1-2-12(10-14)17-9-4-13(11-21-17)18(23)22-16-7-5-15(20)6-8-16/h1-4,9-11,15-16H,5-8,20H2,(H,22,23)/t15-,16-. The van der Waals surface area contributed by atoms with Crippen molar-refractivity contribution in [1.82, 2.24) is 10.3 Å². The van der Waals surface area contributed by atoms with E-state index in [1.54, 1.807) is 24.3 Å². The SMILES string of the molecule is N[C@H]1CC[C@H](NC(=O)c2ccc(-c3cccc(F)c3)nc2)CC1. The van der Waals surface area contributed by atoms with Gasteiger partial charge in [-0.05, 0) is 49.9 Å². The lowest BCUT2D eigenvalue weighted by molar-refractivity contribution is 0.0925. The van der Waals surface area contributed by atoms with Crippen molar-refractivity contribution in [1.29, 1.82) is 0 Å². The maximum Gasteiger partial charge on any atom is 0.253 e. The molecule has 0 atom stereocenters. The van der Waals surface area contributed by atoms with Crippen LogP contribution in [0.15, 0.2) is 42.6 Å². The molecule has 0 unspecified atom stereocenters. The third-order valence-corrected chi connectivity index (χ3v) is 4.25. The number of benzene rings is 1. The van der Waals surface area contributed by atoms with E-state index in [1.165, 1.54) is 18.3 Å². The monoisotopic (exact) mass is 313 g/mol. The predicted molar refractivity (Wildman–Crippen MR) is 87.3 cm³/mol. The molecule has 3 N–H and O–H groups in total. The zero-order valence-corrected chi connectivity index (χ0v) is 12.8. The van der Waals surface area contributed by atoms with Crippen LogP contribution in [0.1, 0.15) is 36.0 Å². The van der Waals surface area contributed by atoms with Crippen LogP contribution in [-0.4, -0.2) is 23.0 Å². The molecule has 120 valence electrons. The number of hydrogen-bond acceptors (Lipinski definition) is 3. The van der Waals surface area contributed by atoms with Gasteiger partial charge in [-0.2, -0.15) is 0 Å². The van der Waals surface area contributed by atoms with Gasteiger partial charge in [0.05, 0.1) is 11.3 Å². The number of nitrogens with two attached hydrogens (primary N) is 1. The Hall–Kier alpha value is -2.27. The molecular weight excluding hydrogens is 293 g/mol. The van der Waals surface area contributed by atoms with E-state index >= 15 is 0 Å². The normalized spacial score (nSPS) is 21.0. The molecule has 1 aliphatic carbocycles. The molecule has 5 heteroatoms. The number of carbonyl (C=O) groups is 1. The van der Waals surface area contributed by atoms with Gasteiger partial charge in [0.1, 0.15) is 5.82 Å². The van der Waals surface area contributed by atoms with E-state index in [2.05, 4.69) is 10.3 Å². The molecule has 0 aliphatic heterocycles. The minimum Gasteiger partial charge on any atom is -0.349 e. The topological polar surface area (TPSA) is 68.0 Å². The molecule has 2 aromatic rings. The number of hydrogen-bond donors (Lipinski definition) is 2. The molecule has 1 heterocycles. The Bertz CT molecular complexity index is 679. The van der Waals surface area contributed by atoms with Crippen LogP contribution in [0.5, 0.6) is 0 Å². The Morgan fingerprint density at radius 2 is 1.96 bits per heavy atom. The molecule has 0 saturated heterocycles. The fourth-order valence-electron chi connectivity index (χ4n) is 2.88. The van der Waals surface area contributed by atoms with Crippen molar-refractivity contribution in [3.63, 3.8) is 0 Å². The van der Waals surface area contributed by atoms with Crippen LogP contribution in [-0.2, 0) is 0 Å². The maximum atomic E-state index is 13.2. The number of nitrogens with one attached hydrogen (secondary N) is 1. The van der Waals surface area contributed by atoms with Gasteiger partial charge < -0.3 is 11.1 Å². The summed E-state index contributed by atoms with van der Waals surface area (Å²) in [5, 5.41) is 3.03. The highest BCUT2D eigenvalue weighted by Crippen LogP contribution is 2.19. The second kappa shape index (κ2) is 6.87. The average Bonchev–Trinajstić information content (AvgIpc) is 2.57. The molecule has 1 saturated carbocycles. The highest BCUT2D eigenvalue weighted by atomic mass is 19.1. The molecule has 1 aromatic heterocycles. The number of halogens is 1. The summed E-state index contributed by atoms with van der Waals surface area (Å²) in [5.74, 6) is -0.426. The summed E-state index contributed by atoms with van der Waals surface area (Å²) in [7, 11) is 0. The summed E-state index contributed by atoms with van der Waals surface area (Å²) in [6.45, 7) is 0. The van der Waals surface area contributed by atoms with E-state index in [0.717, 1.165) is 25.7 Å². The van der Waals surface area contributed by atoms with E-state index in [-0.39, 0.29) is 23.8 Å². The van der Waals surface area contributed by atoms with Crippen LogP contribution in [0.2, 0.25) is 0 Å². The van der Waals surface area contributed by atoms with E-state index in [4.69, 9.17) is 5.73 Å². The lowest BCUT2D eigenvalue weighted by Crippen LogP contribution is -2.40. The minimum absolute atomic E-state index is 0.122. The Balaban J connectivity index is 1.66. The van der Waals surface area contributed by atoms with Crippen molar-refractivity contribution in [2.75, 3.05) is 0 Å². The molecule has 23 heavy (non-hydrogen) atoms. The van der Waals surface area contributed by atoms with Crippen LogP contribution < -0.4 is 11.1 Å². The Labute approximate surface area is 134 Å². The van der Waals surface area contributed by atoms with E-state index in [9.17, 15) is 9.18 Å². The molecule has 0 radical (unpaired) electrons. The second-order valence-electron chi connectivity index (χ2n) is 6.03. The maximum absolute atomic E-state index is 13.2. The molecule has 1 aliphatic rings. The quantitative estimate of drug-likeness (QED) is 0.915. The summed E-state index contributed by atoms with van der Waals surface area (Å²) in [5.41, 5.74) is 7.72. The molecule has 1 amide bonds. The molecule has 4 nitrogen and oxygen atoms in total. The average molecular weight is 313 g/mol. The number of carbonyl (C=O) groups excluding carboxylic acids is 1. The minimum atomic E-state index is -0.304. The Morgan fingerprint density at radius 1 is 1.17 bits per heavy atom. The van der Waals surface area contributed by atoms with Crippen LogP contribution in [0.4, 0.5) is 4.39 Å². The molecule has 1 aromatic carbocycles. The van der Waals surface area contributed by atoms with Gasteiger partial charge in [-0.25, -0.2) is 4.39 Å². The third kappa shape index (κ3) is 3.93. The van der Waals surface area contributed by atoms with Gasteiger partial charge in [0.15, 0.2) is 0 Å². The number of pyridine rings is 1. The second-order valence-corrected chi connectivity index (χ2v) is 6.03. The van der Waals surface area contributed by atoms with Gasteiger partial charge in [-0.1, -0.05) is 12.1 Å². The highest BCUT2D eigenvalue weighted by Gasteiger charge is 2.20. The zero-order valence-electron chi connectivity index (χ0n) is 12.8. The number of rotatable bonds is 3. The highest BCUT2D eigenvalue weighted by molar-refractivity contribution is 5.94. The van der Waals surface area contributed by atoms with E-state index in [1.807, 2.05) is 0 Å². The first kappa shape index (κ1) is 15.6. The summed E-state index contributed by atoms with van der Waals surface area (Å²) < 4.78 is 13.2. The summed E-state index contributed by atoms with van der Waals surface area (Å²) in [6, 6.07) is 10.1. The molecular formula is C18H20FN3O.